The van der Waals surface area contributed by atoms with E-state index in [0.717, 1.165) is 36.9 Å². The van der Waals surface area contributed by atoms with Crippen molar-refractivity contribution in [3.8, 4) is 11.8 Å². The van der Waals surface area contributed by atoms with Crippen LogP contribution in [0.4, 0.5) is 16.2 Å². The summed E-state index contributed by atoms with van der Waals surface area (Å²) in [6.07, 6.45) is 10.8. The number of anilines is 2. The molecule has 0 bridgehead atoms. The van der Waals surface area contributed by atoms with Crippen LogP contribution in [-0.4, -0.2) is 32.1 Å². The van der Waals surface area contributed by atoms with Crippen molar-refractivity contribution in [3.05, 3.63) is 72.3 Å². The molecule has 0 spiro atoms. The van der Waals surface area contributed by atoms with Gasteiger partial charge in [-0.25, -0.2) is 14.4 Å². The molecule has 1 fully saturated rings. The number of halogens is 1. The Morgan fingerprint density at radius 1 is 1.30 bits per heavy atom. The summed E-state index contributed by atoms with van der Waals surface area (Å²) in [5.74, 6) is 1.01. The fourth-order valence-corrected chi connectivity index (χ4v) is 4.10. The molecule has 8 nitrogen and oxygen atoms in total. The van der Waals surface area contributed by atoms with Crippen LogP contribution in [0.25, 0.3) is 5.69 Å². The van der Waals surface area contributed by atoms with Crippen LogP contribution in [0.5, 0.6) is 0 Å². The monoisotopic (exact) mass is 446 g/mol. The molecule has 0 amide bonds. The van der Waals surface area contributed by atoms with E-state index in [1.165, 1.54) is 12.3 Å². The second-order valence-corrected chi connectivity index (χ2v) is 8.27. The van der Waals surface area contributed by atoms with Crippen molar-refractivity contribution in [1.82, 2.24) is 19.5 Å². The van der Waals surface area contributed by atoms with Crippen LogP contribution in [0, 0.1) is 23.1 Å². The number of nitrogens with zero attached hydrogens (tertiary/aromatic N) is 5. The van der Waals surface area contributed by atoms with Gasteiger partial charge in [-0.2, -0.15) is 10.2 Å². The Bertz CT molecular complexity index is 1140. The number of rotatable bonds is 8. The summed E-state index contributed by atoms with van der Waals surface area (Å²) >= 11 is 0. The van der Waals surface area contributed by atoms with E-state index < -0.39 is 0 Å². The average molecular weight is 447 g/mol. The molecule has 3 aromatic rings. The van der Waals surface area contributed by atoms with Crippen LogP contribution in [0.2, 0.25) is 0 Å². The molecule has 1 aliphatic rings. The average Bonchev–Trinajstić information content (AvgIpc) is 3.34. The van der Waals surface area contributed by atoms with E-state index in [9.17, 15) is 9.65 Å². The maximum absolute atomic E-state index is 14.4. The smallest absolute Gasteiger partial charge is 0.224 e. The van der Waals surface area contributed by atoms with Crippen molar-refractivity contribution in [3.63, 3.8) is 0 Å². The Hall–Kier alpha value is -3.93. The second-order valence-electron chi connectivity index (χ2n) is 8.27. The number of nitriles is 1. The molecular weight excluding hydrogens is 419 g/mol. The summed E-state index contributed by atoms with van der Waals surface area (Å²) < 4.78 is 16.1. The predicted octanol–water partition coefficient (Wildman–Crippen LogP) is 3.77. The van der Waals surface area contributed by atoms with Crippen LogP contribution >= 0.6 is 0 Å². The Kier molecular flexibility index (Phi) is 6.83. The topological polar surface area (TPSA) is 117 Å². The minimum Gasteiger partial charge on any atom is -0.402 e. The van der Waals surface area contributed by atoms with E-state index in [1.807, 2.05) is 6.07 Å². The molecule has 1 aromatic carbocycles. The molecule has 0 saturated heterocycles. The zero-order valence-electron chi connectivity index (χ0n) is 18.3. The molecule has 170 valence electrons. The summed E-state index contributed by atoms with van der Waals surface area (Å²) in [5, 5.41) is 16.0. The fourth-order valence-electron chi connectivity index (χ4n) is 4.10. The fraction of sp³-hybridized carbons (Fsp3) is 0.333. The van der Waals surface area contributed by atoms with Crippen molar-refractivity contribution < 1.29 is 4.39 Å². The van der Waals surface area contributed by atoms with E-state index in [-0.39, 0.29) is 11.9 Å². The van der Waals surface area contributed by atoms with Gasteiger partial charge in [0.25, 0.3) is 0 Å². The minimum atomic E-state index is -0.306. The van der Waals surface area contributed by atoms with E-state index in [4.69, 9.17) is 5.73 Å². The van der Waals surface area contributed by atoms with Gasteiger partial charge in [-0.3, -0.25) is 0 Å². The first-order chi connectivity index (χ1) is 16.0. The van der Waals surface area contributed by atoms with Gasteiger partial charge in [-0.1, -0.05) is 12.6 Å². The molecule has 0 atom stereocenters. The van der Waals surface area contributed by atoms with Gasteiger partial charge in [0.1, 0.15) is 23.3 Å². The number of benzene rings is 1. The molecule has 4 N–H and O–H groups in total. The van der Waals surface area contributed by atoms with E-state index in [1.54, 1.807) is 29.4 Å². The van der Waals surface area contributed by atoms with Gasteiger partial charge in [0.15, 0.2) is 0 Å². The first-order valence-electron chi connectivity index (χ1n) is 11.0. The number of allylic oxidation sites excluding steroid dienone is 1. The molecule has 0 unspecified atom stereocenters. The lowest BCUT2D eigenvalue weighted by atomic mass is 9.84. The first kappa shape index (κ1) is 22.3. The molecule has 9 heteroatoms. The zero-order valence-corrected chi connectivity index (χ0v) is 18.3. The standard InChI is InChI=1S/C24H27FN8/c1-16(27)18-3-5-20(6-4-18)31-23-19(13-26)14-30-24(32-23)29-9-8-17-2-7-22(21(25)12-17)33-11-10-28-15-33/h2,7,10-12,14-15,18,20H,1,3-6,8-9,27H2,(H2,29,30,31,32). The van der Waals surface area contributed by atoms with Gasteiger partial charge < -0.3 is 20.9 Å². The van der Waals surface area contributed by atoms with Gasteiger partial charge in [-0.15, -0.1) is 0 Å². The highest BCUT2D eigenvalue weighted by Gasteiger charge is 2.23. The van der Waals surface area contributed by atoms with Crippen molar-refractivity contribution in [2.24, 2.45) is 11.7 Å². The SMILES string of the molecule is C=C(N)C1CCC(Nc2nc(NCCc3ccc(-n4ccnc4)c(F)c3)ncc2C#N)CC1. The Labute approximate surface area is 192 Å². The lowest BCUT2D eigenvalue weighted by Gasteiger charge is -2.29. The molecule has 2 aromatic heterocycles. The lowest BCUT2D eigenvalue weighted by Crippen LogP contribution is -2.28. The number of nitrogens with two attached hydrogens (primary N) is 1. The van der Waals surface area contributed by atoms with Gasteiger partial charge >= 0.3 is 0 Å². The first-order valence-corrected chi connectivity index (χ1v) is 11.0. The van der Waals surface area contributed by atoms with Crippen LogP contribution in [0.1, 0.15) is 36.8 Å². The molecular formula is C24H27FN8. The number of hydrogen-bond donors (Lipinski definition) is 3. The molecule has 4 rings (SSSR count). The molecule has 2 heterocycles. The molecule has 0 aliphatic heterocycles. The normalized spacial score (nSPS) is 17.8. The lowest BCUT2D eigenvalue weighted by molar-refractivity contribution is 0.375. The number of nitrogens with one attached hydrogen (secondary N) is 2. The Morgan fingerprint density at radius 3 is 2.79 bits per heavy atom. The van der Waals surface area contributed by atoms with Crippen LogP contribution in [0.3, 0.4) is 0 Å². The van der Waals surface area contributed by atoms with Crippen LogP contribution in [0.15, 0.2) is 55.4 Å². The maximum atomic E-state index is 14.4. The Morgan fingerprint density at radius 2 is 2.12 bits per heavy atom. The van der Waals surface area contributed by atoms with Crippen LogP contribution in [-0.2, 0) is 6.42 Å². The van der Waals surface area contributed by atoms with Crippen molar-refractivity contribution in [1.29, 1.82) is 5.26 Å². The maximum Gasteiger partial charge on any atom is 0.224 e. The summed E-state index contributed by atoms with van der Waals surface area (Å²) in [6, 6.07) is 7.53. The highest BCUT2D eigenvalue weighted by molar-refractivity contribution is 5.54. The minimum absolute atomic E-state index is 0.229. The molecule has 0 radical (unpaired) electrons. The summed E-state index contributed by atoms with van der Waals surface area (Å²) in [5.41, 5.74) is 8.31. The third-order valence-corrected chi connectivity index (χ3v) is 5.99. The van der Waals surface area contributed by atoms with Crippen LogP contribution < -0.4 is 16.4 Å². The Balaban J connectivity index is 1.35. The number of hydrogen-bond acceptors (Lipinski definition) is 7. The quantitative estimate of drug-likeness (QED) is 0.482. The molecule has 1 saturated carbocycles. The largest absolute Gasteiger partial charge is 0.402 e. The number of aromatic nitrogens is 4. The van der Waals surface area contributed by atoms with Crippen molar-refractivity contribution in [2.45, 2.75) is 38.1 Å². The molecule has 1 aliphatic carbocycles. The highest BCUT2D eigenvalue weighted by Crippen LogP contribution is 2.29. The van der Waals surface area contributed by atoms with E-state index >= 15 is 0 Å². The van der Waals surface area contributed by atoms with E-state index in [2.05, 4.69) is 38.2 Å². The van der Waals surface area contributed by atoms with Crippen molar-refractivity contribution in [2.75, 3.05) is 17.2 Å². The van der Waals surface area contributed by atoms with E-state index in [0.29, 0.717) is 41.9 Å². The zero-order chi connectivity index (χ0) is 23.2. The summed E-state index contributed by atoms with van der Waals surface area (Å²) in [6.45, 7) is 4.39. The van der Waals surface area contributed by atoms with Gasteiger partial charge in [0.2, 0.25) is 5.95 Å². The third-order valence-electron chi connectivity index (χ3n) is 5.99. The van der Waals surface area contributed by atoms with Crippen molar-refractivity contribution >= 4 is 11.8 Å². The van der Waals surface area contributed by atoms with Gasteiger partial charge in [-0.05, 0) is 55.7 Å². The number of imidazole rings is 1. The highest BCUT2D eigenvalue weighted by atomic mass is 19.1. The molecule has 33 heavy (non-hydrogen) atoms. The second kappa shape index (κ2) is 10.1. The van der Waals surface area contributed by atoms with Gasteiger partial charge in [0, 0.05) is 30.7 Å². The third kappa shape index (κ3) is 5.47. The van der Waals surface area contributed by atoms with Gasteiger partial charge in [0.05, 0.1) is 18.2 Å². The summed E-state index contributed by atoms with van der Waals surface area (Å²) in [7, 11) is 0. The predicted molar refractivity (Wildman–Crippen MR) is 125 cm³/mol. The summed E-state index contributed by atoms with van der Waals surface area (Å²) in [4.78, 5) is 12.7.